The van der Waals surface area contributed by atoms with Gasteiger partial charge >= 0.3 is 0 Å². The standard InChI is InChI=1S/C19H21FN4O2/c20-16-5-2-8-22-17(16)23-15-10-19(26-12-15)6-3-9-24(13-19)18(25)14-4-1-7-21-11-14/h1-2,4-5,7-8,11,15H,3,6,9-10,12-13H2,(H,22,23). The summed E-state index contributed by atoms with van der Waals surface area (Å²) >= 11 is 0. The summed E-state index contributed by atoms with van der Waals surface area (Å²) in [4.78, 5) is 22.6. The van der Waals surface area contributed by atoms with Gasteiger partial charge in [-0.25, -0.2) is 9.37 Å². The minimum Gasteiger partial charge on any atom is -0.371 e. The molecule has 26 heavy (non-hydrogen) atoms. The largest absolute Gasteiger partial charge is 0.371 e. The molecule has 1 amide bonds. The van der Waals surface area contributed by atoms with E-state index in [1.807, 2.05) is 4.90 Å². The molecule has 2 aliphatic rings. The lowest BCUT2D eigenvalue weighted by atomic mass is 9.88. The molecule has 2 atom stereocenters. The Balaban J connectivity index is 1.43. The van der Waals surface area contributed by atoms with Crippen molar-refractivity contribution in [1.82, 2.24) is 14.9 Å². The number of aromatic nitrogens is 2. The topological polar surface area (TPSA) is 67.4 Å². The summed E-state index contributed by atoms with van der Waals surface area (Å²) in [5, 5.41) is 3.13. The molecule has 0 bridgehead atoms. The highest BCUT2D eigenvalue weighted by atomic mass is 19.1. The Kier molecular flexibility index (Phi) is 4.55. The molecule has 0 saturated carbocycles. The fourth-order valence-electron chi connectivity index (χ4n) is 3.85. The van der Waals surface area contributed by atoms with Crippen LogP contribution in [0, 0.1) is 5.82 Å². The third kappa shape index (κ3) is 3.39. The number of anilines is 1. The van der Waals surface area contributed by atoms with Crippen LogP contribution in [-0.4, -0.2) is 52.1 Å². The van der Waals surface area contributed by atoms with Gasteiger partial charge in [-0.05, 0) is 37.1 Å². The highest BCUT2D eigenvalue weighted by Gasteiger charge is 2.44. The van der Waals surface area contributed by atoms with E-state index < -0.39 is 0 Å². The molecule has 1 spiro atoms. The number of ether oxygens (including phenoxy) is 1. The smallest absolute Gasteiger partial charge is 0.255 e. The average molecular weight is 356 g/mol. The maximum Gasteiger partial charge on any atom is 0.255 e. The van der Waals surface area contributed by atoms with Crippen molar-refractivity contribution in [2.45, 2.75) is 30.9 Å². The van der Waals surface area contributed by atoms with Gasteiger partial charge in [-0.2, -0.15) is 0 Å². The van der Waals surface area contributed by atoms with Crippen molar-refractivity contribution >= 4 is 11.7 Å². The van der Waals surface area contributed by atoms with E-state index in [0.717, 1.165) is 19.3 Å². The molecule has 6 nitrogen and oxygen atoms in total. The van der Waals surface area contributed by atoms with Crippen molar-refractivity contribution in [1.29, 1.82) is 0 Å². The molecule has 1 N–H and O–H groups in total. The number of rotatable bonds is 3. The van der Waals surface area contributed by atoms with E-state index in [-0.39, 0.29) is 29.2 Å². The third-order valence-electron chi connectivity index (χ3n) is 5.04. The Morgan fingerprint density at radius 1 is 1.35 bits per heavy atom. The van der Waals surface area contributed by atoms with Crippen molar-refractivity contribution in [2.75, 3.05) is 25.0 Å². The van der Waals surface area contributed by atoms with Gasteiger partial charge in [0.1, 0.15) is 0 Å². The van der Waals surface area contributed by atoms with Gasteiger partial charge in [-0.3, -0.25) is 9.78 Å². The Bertz CT molecular complexity index is 788. The number of likely N-dealkylation sites (tertiary alicyclic amines) is 1. The molecular weight excluding hydrogens is 335 g/mol. The summed E-state index contributed by atoms with van der Waals surface area (Å²) in [5.41, 5.74) is 0.215. The van der Waals surface area contributed by atoms with Crippen LogP contribution >= 0.6 is 0 Å². The zero-order valence-corrected chi connectivity index (χ0v) is 14.4. The molecular formula is C19H21FN4O2. The number of hydrogen-bond acceptors (Lipinski definition) is 5. The van der Waals surface area contributed by atoms with E-state index in [1.165, 1.54) is 6.07 Å². The number of nitrogens with one attached hydrogen (secondary N) is 1. The molecule has 4 heterocycles. The zero-order chi connectivity index (χ0) is 18.0. The van der Waals surface area contributed by atoms with Crippen LogP contribution in [0.4, 0.5) is 10.2 Å². The van der Waals surface area contributed by atoms with Crippen molar-refractivity contribution in [3.8, 4) is 0 Å². The zero-order valence-electron chi connectivity index (χ0n) is 14.4. The van der Waals surface area contributed by atoms with Gasteiger partial charge < -0.3 is 15.0 Å². The number of piperidine rings is 1. The fraction of sp³-hybridized carbons (Fsp3) is 0.421. The predicted octanol–water partition coefficient (Wildman–Crippen LogP) is 2.49. The summed E-state index contributed by atoms with van der Waals surface area (Å²) in [6, 6.07) is 6.47. The van der Waals surface area contributed by atoms with Gasteiger partial charge in [0.25, 0.3) is 5.91 Å². The van der Waals surface area contributed by atoms with Crippen LogP contribution in [0.5, 0.6) is 0 Å². The Labute approximate surface area is 151 Å². The van der Waals surface area contributed by atoms with E-state index >= 15 is 0 Å². The molecule has 4 rings (SSSR count). The second-order valence-corrected chi connectivity index (χ2v) is 6.95. The highest BCUT2D eigenvalue weighted by Crippen LogP contribution is 2.36. The molecule has 0 aliphatic carbocycles. The first kappa shape index (κ1) is 16.9. The maximum atomic E-state index is 13.8. The summed E-state index contributed by atoms with van der Waals surface area (Å²) < 4.78 is 19.9. The normalized spacial score (nSPS) is 25.4. The Hall–Kier alpha value is -2.54. The van der Waals surface area contributed by atoms with Crippen LogP contribution < -0.4 is 5.32 Å². The lowest BCUT2D eigenvalue weighted by molar-refractivity contribution is -0.0447. The molecule has 7 heteroatoms. The second-order valence-electron chi connectivity index (χ2n) is 6.95. The molecule has 2 aromatic heterocycles. The van der Waals surface area contributed by atoms with Crippen LogP contribution in [0.25, 0.3) is 0 Å². The number of amides is 1. The number of carbonyl (C=O) groups is 1. The van der Waals surface area contributed by atoms with Crippen LogP contribution in [0.1, 0.15) is 29.6 Å². The van der Waals surface area contributed by atoms with Crippen molar-refractivity contribution < 1.29 is 13.9 Å². The molecule has 2 aliphatic heterocycles. The maximum absolute atomic E-state index is 13.8. The molecule has 0 aromatic carbocycles. The van der Waals surface area contributed by atoms with Gasteiger partial charge in [0.05, 0.1) is 30.4 Å². The third-order valence-corrected chi connectivity index (χ3v) is 5.04. The number of halogens is 1. The lowest BCUT2D eigenvalue weighted by Gasteiger charge is -2.39. The molecule has 2 saturated heterocycles. The minimum absolute atomic E-state index is 0.0204. The Morgan fingerprint density at radius 2 is 2.23 bits per heavy atom. The Morgan fingerprint density at radius 3 is 3.04 bits per heavy atom. The molecule has 2 unspecified atom stereocenters. The number of pyridine rings is 2. The van der Waals surface area contributed by atoms with E-state index in [9.17, 15) is 9.18 Å². The fourth-order valence-corrected chi connectivity index (χ4v) is 3.85. The van der Waals surface area contributed by atoms with Crippen molar-refractivity contribution in [2.24, 2.45) is 0 Å². The number of nitrogens with zero attached hydrogens (tertiary/aromatic N) is 3. The lowest BCUT2D eigenvalue weighted by Crippen LogP contribution is -2.50. The van der Waals surface area contributed by atoms with E-state index in [0.29, 0.717) is 25.3 Å². The predicted molar refractivity (Wildman–Crippen MR) is 94.3 cm³/mol. The quantitative estimate of drug-likeness (QED) is 0.915. The first-order valence-corrected chi connectivity index (χ1v) is 8.86. The van der Waals surface area contributed by atoms with E-state index in [2.05, 4.69) is 15.3 Å². The number of carbonyl (C=O) groups excluding carboxylic acids is 1. The molecule has 136 valence electrons. The van der Waals surface area contributed by atoms with E-state index in [1.54, 1.807) is 36.8 Å². The van der Waals surface area contributed by atoms with Gasteiger partial charge in [0.15, 0.2) is 11.6 Å². The summed E-state index contributed by atoms with van der Waals surface area (Å²) in [5.74, 6) is -0.143. The monoisotopic (exact) mass is 356 g/mol. The summed E-state index contributed by atoms with van der Waals surface area (Å²) in [6.45, 7) is 1.74. The number of hydrogen-bond donors (Lipinski definition) is 1. The molecule has 2 fully saturated rings. The van der Waals surface area contributed by atoms with E-state index in [4.69, 9.17) is 4.74 Å². The van der Waals surface area contributed by atoms with Gasteiger partial charge in [0, 0.05) is 31.6 Å². The van der Waals surface area contributed by atoms with Crippen molar-refractivity contribution in [3.05, 3.63) is 54.2 Å². The first-order valence-electron chi connectivity index (χ1n) is 8.86. The SMILES string of the molecule is O=C(c1cccnc1)N1CCCC2(CC(Nc3ncccc3F)CO2)C1. The minimum atomic E-state index is -0.376. The van der Waals surface area contributed by atoms with Crippen LogP contribution in [-0.2, 0) is 4.74 Å². The van der Waals surface area contributed by atoms with Crippen LogP contribution in [0.3, 0.4) is 0 Å². The molecule has 2 aromatic rings. The van der Waals surface area contributed by atoms with Crippen molar-refractivity contribution in [3.63, 3.8) is 0 Å². The summed E-state index contributed by atoms with van der Waals surface area (Å²) in [7, 11) is 0. The molecule has 0 radical (unpaired) electrons. The van der Waals surface area contributed by atoms with Crippen LogP contribution in [0.2, 0.25) is 0 Å². The average Bonchev–Trinajstić information content (AvgIpc) is 3.05. The first-order chi connectivity index (χ1) is 12.7. The highest BCUT2D eigenvalue weighted by molar-refractivity contribution is 5.94. The second kappa shape index (κ2) is 6.99. The summed E-state index contributed by atoms with van der Waals surface area (Å²) in [6.07, 6.45) is 7.31. The van der Waals surface area contributed by atoms with Gasteiger partial charge in [0.2, 0.25) is 0 Å². The van der Waals surface area contributed by atoms with Gasteiger partial charge in [-0.1, -0.05) is 0 Å². The van der Waals surface area contributed by atoms with Crippen LogP contribution in [0.15, 0.2) is 42.9 Å². The van der Waals surface area contributed by atoms with Gasteiger partial charge in [-0.15, -0.1) is 0 Å².